The lowest BCUT2D eigenvalue weighted by atomic mass is 10.2. The van der Waals surface area contributed by atoms with E-state index in [1.807, 2.05) is 0 Å². The summed E-state index contributed by atoms with van der Waals surface area (Å²) in [6, 6.07) is 11.3. The van der Waals surface area contributed by atoms with Crippen molar-refractivity contribution >= 4 is 11.8 Å². The van der Waals surface area contributed by atoms with Crippen LogP contribution in [0.25, 0.3) is 5.69 Å². The first-order valence-corrected chi connectivity index (χ1v) is 10.2. The molecule has 0 radical (unpaired) electrons. The van der Waals surface area contributed by atoms with E-state index in [1.54, 1.807) is 0 Å². The number of halogens is 3. The van der Waals surface area contributed by atoms with E-state index in [-0.39, 0.29) is 35.8 Å². The highest BCUT2D eigenvalue weighted by Gasteiger charge is 2.30. The number of aromatic hydroxyl groups is 1. The molecule has 2 amide bonds. The summed E-state index contributed by atoms with van der Waals surface area (Å²) in [6.07, 6.45) is -4.22. The van der Waals surface area contributed by atoms with Crippen molar-refractivity contribution in [2.45, 2.75) is 19.5 Å². The van der Waals surface area contributed by atoms with Gasteiger partial charge in [-0.25, -0.2) is 4.68 Å². The summed E-state index contributed by atoms with van der Waals surface area (Å²) in [6.45, 7) is 1.81. The number of phenols is 1. The van der Waals surface area contributed by atoms with Gasteiger partial charge in [0, 0.05) is 30.4 Å². The third kappa shape index (κ3) is 6.00. The van der Waals surface area contributed by atoms with Gasteiger partial charge in [0.05, 0.1) is 11.3 Å². The molecule has 0 fully saturated rings. The summed E-state index contributed by atoms with van der Waals surface area (Å²) >= 11 is 0. The molecule has 0 unspecified atom stereocenters. The number of phenolic OH excluding ortho intramolecular Hbond substituents is 1. The molecule has 0 saturated carbocycles. The minimum absolute atomic E-state index is 0.0405. The van der Waals surface area contributed by atoms with E-state index in [0.29, 0.717) is 6.42 Å². The van der Waals surface area contributed by atoms with Crippen LogP contribution in [0.1, 0.15) is 38.5 Å². The van der Waals surface area contributed by atoms with Gasteiger partial charge in [-0.3, -0.25) is 14.4 Å². The largest absolute Gasteiger partial charge is 0.508 e. The van der Waals surface area contributed by atoms with Crippen molar-refractivity contribution in [2.24, 2.45) is 0 Å². The molecule has 1 aromatic heterocycles. The normalized spacial score (nSPS) is 11.2. The number of hydrogen-bond acceptors (Lipinski definition) is 5. The zero-order chi connectivity index (χ0) is 24.9. The van der Waals surface area contributed by atoms with Crippen LogP contribution in [0.15, 0.2) is 59.4 Å². The molecule has 0 saturated heterocycles. The number of aromatic nitrogens is 2. The van der Waals surface area contributed by atoms with Gasteiger partial charge in [0.25, 0.3) is 11.8 Å². The molecule has 0 spiro atoms. The second kappa shape index (κ2) is 10.2. The maximum absolute atomic E-state index is 13.0. The topological polar surface area (TPSA) is 113 Å². The number of hydrogen-bond donors (Lipinski definition) is 3. The van der Waals surface area contributed by atoms with Crippen LogP contribution in [0.4, 0.5) is 13.2 Å². The lowest BCUT2D eigenvalue weighted by molar-refractivity contribution is -0.137. The average Bonchev–Trinajstić information content (AvgIpc) is 2.78. The Morgan fingerprint density at radius 1 is 1.00 bits per heavy atom. The molecule has 0 bridgehead atoms. The second-order valence-corrected chi connectivity index (χ2v) is 7.37. The van der Waals surface area contributed by atoms with Gasteiger partial charge in [-0.2, -0.15) is 18.3 Å². The molecule has 3 aromatic rings. The Morgan fingerprint density at radius 3 is 2.35 bits per heavy atom. The van der Waals surface area contributed by atoms with Crippen molar-refractivity contribution in [3.8, 4) is 11.4 Å². The fourth-order valence-corrected chi connectivity index (χ4v) is 3.11. The van der Waals surface area contributed by atoms with E-state index in [0.717, 1.165) is 22.9 Å². The molecule has 0 aliphatic carbocycles. The highest BCUT2D eigenvalue weighted by Crippen LogP contribution is 2.30. The van der Waals surface area contributed by atoms with E-state index in [9.17, 15) is 32.7 Å². The number of carbonyl (C=O) groups is 2. The molecule has 1 heterocycles. The Balaban J connectivity index is 1.63. The van der Waals surface area contributed by atoms with Gasteiger partial charge in [-0.1, -0.05) is 12.1 Å². The van der Waals surface area contributed by atoms with Crippen molar-refractivity contribution < 1.29 is 27.9 Å². The van der Waals surface area contributed by atoms with E-state index in [1.165, 1.54) is 43.3 Å². The number of nitrogens with zero attached hydrogens (tertiary/aromatic N) is 2. The fraction of sp³-hybridized carbons (Fsp3) is 0.217. The van der Waals surface area contributed by atoms with Crippen LogP contribution in [-0.2, 0) is 6.18 Å². The molecule has 0 aliphatic rings. The van der Waals surface area contributed by atoms with Crippen LogP contribution in [0.2, 0.25) is 0 Å². The number of amides is 2. The highest BCUT2D eigenvalue weighted by molar-refractivity contribution is 5.94. The van der Waals surface area contributed by atoms with Gasteiger partial charge < -0.3 is 15.7 Å². The number of benzene rings is 2. The van der Waals surface area contributed by atoms with Crippen molar-refractivity contribution in [3.05, 3.63) is 87.3 Å². The standard InChI is InChI=1S/C23H21F3N4O4/c1-14-11-19(32)20(29-30(14)17-7-3-6-16(13-17)23(24,25)26)22(34)28-10-4-9-27-21(33)15-5-2-8-18(31)12-15/h2-3,5-8,11-13,31H,4,9-10H2,1H3,(H,27,33)(H,28,34). The van der Waals surface area contributed by atoms with Crippen LogP contribution >= 0.6 is 0 Å². The van der Waals surface area contributed by atoms with Crippen LogP contribution < -0.4 is 16.1 Å². The maximum atomic E-state index is 13.0. The molecular weight excluding hydrogens is 453 g/mol. The van der Waals surface area contributed by atoms with Crippen LogP contribution in [0.5, 0.6) is 5.75 Å². The SMILES string of the molecule is Cc1cc(=O)c(C(=O)NCCCNC(=O)c2cccc(O)c2)nn1-c1cccc(C(F)(F)F)c1. The van der Waals surface area contributed by atoms with Gasteiger partial charge in [0.1, 0.15) is 5.75 Å². The molecule has 3 rings (SSSR count). The van der Waals surface area contributed by atoms with Crippen molar-refractivity contribution in [2.75, 3.05) is 13.1 Å². The monoisotopic (exact) mass is 474 g/mol. The van der Waals surface area contributed by atoms with E-state index < -0.39 is 34.7 Å². The van der Waals surface area contributed by atoms with E-state index in [4.69, 9.17) is 0 Å². The van der Waals surface area contributed by atoms with Crippen molar-refractivity contribution in [3.63, 3.8) is 0 Å². The fourth-order valence-electron chi connectivity index (χ4n) is 3.11. The molecule has 3 N–H and O–H groups in total. The number of aryl methyl sites for hydroxylation is 1. The van der Waals surface area contributed by atoms with E-state index in [2.05, 4.69) is 15.7 Å². The summed E-state index contributed by atoms with van der Waals surface area (Å²) in [7, 11) is 0. The van der Waals surface area contributed by atoms with Crippen LogP contribution in [0.3, 0.4) is 0 Å². The summed E-state index contributed by atoms with van der Waals surface area (Å²) in [4.78, 5) is 36.7. The number of alkyl halides is 3. The molecule has 0 aliphatic heterocycles. The average molecular weight is 474 g/mol. The van der Waals surface area contributed by atoms with Crippen molar-refractivity contribution in [1.29, 1.82) is 0 Å². The van der Waals surface area contributed by atoms with Crippen LogP contribution in [0, 0.1) is 6.92 Å². The van der Waals surface area contributed by atoms with Gasteiger partial charge >= 0.3 is 6.18 Å². The smallest absolute Gasteiger partial charge is 0.416 e. The van der Waals surface area contributed by atoms with Gasteiger partial charge in [0.2, 0.25) is 5.43 Å². The third-order valence-electron chi connectivity index (χ3n) is 4.77. The predicted molar refractivity (Wildman–Crippen MR) is 117 cm³/mol. The molecule has 11 heteroatoms. The van der Waals surface area contributed by atoms with Crippen LogP contribution in [-0.4, -0.2) is 39.8 Å². The molecule has 8 nitrogen and oxygen atoms in total. The molecule has 178 valence electrons. The first kappa shape index (κ1) is 24.5. The summed E-state index contributed by atoms with van der Waals surface area (Å²) < 4.78 is 40.2. The molecule has 34 heavy (non-hydrogen) atoms. The first-order valence-electron chi connectivity index (χ1n) is 10.2. The zero-order valence-corrected chi connectivity index (χ0v) is 18.0. The summed E-state index contributed by atoms with van der Waals surface area (Å²) in [5.41, 5.74) is -1.43. The van der Waals surface area contributed by atoms with Crippen molar-refractivity contribution in [1.82, 2.24) is 20.4 Å². The third-order valence-corrected chi connectivity index (χ3v) is 4.77. The Labute approximate surface area is 192 Å². The lowest BCUT2D eigenvalue weighted by Gasteiger charge is -2.13. The van der Waals surface area contributed by atoms with E-state index >= 15 is 0 Å². The molecular formula is C23H21F3N4O4. The minimum atomic E-state index is -4.56. The molecule has 2 aromatic carbocycles. The minimum Gasteiger partial charge on any atom is -0.508 e. The first-order chi connectivity index (χ1) is 16.1. The Bertz CT molecular complexity index is 1270. The number of nitrogens with one attached hydrogen (secondary N) is 2. The Kier molecular flexibility index (Phi) is 7.34. The Morgan fingerprint density at radius 2 is 1.68 bits per heavy atom. The van der Waals surface area contributed by atoms with Gasteiger partial charge in [-0.15, -0.1) is 0 Å². The predicted octanol–water partition coefficient (Wildman–Crippen LogP) is 2.82. The number of carbonyl (C=O) groups excluding carboxylic acids is 2. The molecule has 0 atom stereocenters. The lowest BCUT2D eigenvalue weighted by Crippen LogP contribution is -2.34. The summed E-state index contributed by atoms with van der Waals surface area (Å²) in [5.74, 6) is -1.22. The number of rotatable bonds is 7. The van der Waals surface area contributed by atoms with Gasteiger partial charge in [0.15, 0.2) is 5.69 Å². The maximum Gasteiger partial charge on any atom is 0.416 e. The zero-order valence-electron chi connectivity index (χ0n) is 18.0. The van der Waals surface area contributed by atoms with Gasteiger partial charge in [-0.05, 0) is 49.7 Å². The Hall–Kier alpha value is -4.15. The summed E-state index contributed by atoms with van der Waals surface area (Å²) in [5, 5.41) is 18.5. The highest BCUT2D eigenvalue weighted by atomic mass is 19.4. The second-order valence-electron chi connectivity index (χ2n) is 7.37. The quantitative estimate of drug-likeness (QED) is 0.456.